The van der Waals surface area contributed by atoms with E-state index in [2.05, 4.69) is 43.1 Å². The number of aromatic nitrogens is 2. The largest absolute Gasteiger partial charge is 0.478 e. The summed E-state index contributed by atoms with van der Waals surface area (Å²) in [7, 11) is 0. The van der Waals surface area contributed by atoms with Crippen LogP contribution in [0.5, 0.6) is 0 Å². The summed E-state index contributed by atoms with van der Waals surface area (Å²) in [5.41, 5.74) is 6.42. The summed E-state index contributed by atoms with van der Waals surface area (Å²) in [4.78, 5) is 26.6. The average molecular weight is 446 g/mol. The van der Waals surface area contributed by atoms with E-state index in [4.69, 9.17) is 0 Å². The Bertz CT molecular complexity index is 1190. The number of hydrogen-bond donors (Lipinski definition) is 2. The van der Waals surface area contributed by atoms with E-state index in [9.17, 15) is 14.7 Å². The van der Waals surface area contributed by atoms with Gasteiger partial charge in [0.2, 0.25) is 0 Å². The number of allylic oxidation sites excluding steroid dienone is 2. The van der Waals surface area contributed by atoms with Gasteiger partial charge in [-0.3, -0.25) is 9.89 Å². The van der Waals surface area contributed by atoms with Gasteiger partial charge in [-0.25, -0.2) is 4.79 Å². The molecule has 6 heteroatoms. The lowest BCUT2D eigenvalue weighted by atomic mass is 9.58. The predicted octanol–water partition coefficient (Wildman–Crippen LogP) is 4.89. The first-order valence-electron chi connectivity index (χ1n) is 11.8. The van der Waals surface area contributed by atoms with E-state index in [1.807, 2.05) is 17.0 Å². The first-order chi connectivity index (χ1) is 15.7. The van der Waals surface area contributed by atoms with Crippen LogP contribution in [0.2, 0.25) is 0 Å². The Hall–Kier alpha value is -3.15. The molecule has 0 saturated carbocycles. The Morgan fingerprint density at radius 2 is 1.79 bits per heavy atom. The highest BCUT2D eigenvalue weighted by molar-refractivity contribution is 5.94. The second-order valence-corrected chi connectivity index (χ2v) is 10.4. The Kier molecular flexibility index (Phi) is 5.07. The molecule has 2 heterocycles. The van der Waals surface area contributed by atoms with Crippen LogP contribution in [0.15, 0.2) is 42.0 Å². The van der Waals surface area contributed by atoms with E-state index >= 15 is 0 Å². The highest BCUT2D eigenvalue weighted by Crippen LogP contribution is 2.55. The van der Waals surface area contributed by atoms with Crippen LogP contribution >= 0.6 is 0 Å². The number of carbonyl (C=O) groups is 2. The van der Waals surface area contributed by atoms with Crippen LogP contribution in [-0.2, 0) is 12.8 Å². The van der Waals surface area contributed by atoms with Crippen LogP contribution < -0.4 is 0 Å². The SMILES string of the molecule is CC1(C)C(c2ccc(C(=O)O)cc2)=CC[C@]2(C)CN(C(=O)c3[nH]nc4c3CCCC4)CC=C12. The molecule has 2 N–H and O–H groups in total. The molecular formula is C27H31N3O3. The van der Waals surface area contributed by atoms with Gasteiger partial charge >= 0.3 is 5.97 Å². The van der Waals surface area contributed by atoms with Gasteiger partial charge in [-0.15, -0.1) is 0 Å². The molecule has 0 spiro atoms. The van der Waals surface area contributed by atoms with Gasteiger partial charge in [0.1, 0.15) is 5.69 Å². The fraction of sp³-hybridized carbons (Fsp3) is 0.444. The molecule has 0 radical (unpaired) electrons. The van der Waals surface area contributed by atoms with Crippen molar-refractivity contribution in [1.82, 2.24) is 15.1 Å². The molecule has 172 valence electrons. The van der Waals surface area contributed by atoms with E-state index < -0.39 is 5.97 Å². The number of fused-ring (bicyclic) bond motifs is 2. The minimum Gasteiger partial charge on any atom is -0.478 e. The van der Waals surface area contributed by atoms with Crippen molar-refractivity contribution in [3.8, 4) is 0 Å². The molecular weight excluding hydrogens is 414 g/mol. The molecule has 0 bridgehead atoms. The standard InChI is InChI=1S/C27H31N3O3/c1-26(2)20(17-8-10-18(11-9-17)25(32)33)12-14-27(3)16-30(15-13-22(26)27)24(31)23-19-6-4-5-7-21(19)28-29-23/h8-13H,4-7,14-16H2,1-3H3,(H,28,29)(H,32,33)/t27-/m1/s1. The summed E-state index contributed by atoms with van der Waals surface area (Å²) < 4.78 is 0. The van der Waals surface area contributed by atoms with Crippen molar-refractivity contribution in [2.75, 3.05) is 13.1 Å². The average Bonchev–Trinajstić information content (AvgIpc) is 3.22. The Morgan fingerprint density at radius 3 is 2.52 bits per heavy atom. The number of aromatic amines is 1. The molecule has 1 amide bonds. The smallest absolute Gasteiger partial charge is 0.335 e. The number of hydrogen-bond acceptors (Lipinski definition) is 3. The predicted molar refractivity (Wildman–Crippen MR) is 127 cm³/mol. The van der Waals surface area contributed by atoms with Gasteiger partial charge in [-0.2, -0.15) is 5.10 Å². The normalized spacial score (nSPS) is 23.8. The third kappa shape index (κ3) is 3.52. The van der Waals surface area contributed by atoms with Crippen molar-refractivity contribution in [3.05, 3.63) is 70.1 Å². The molecule has 1 atom stereocenters. The summed E-state index contributed by atoms with van der Waals surface area (Å²) in [5, 5.41) is 16.7. The second-order valence-electron chi connectivity index (χ2n) is 10.4. The lowest BCUT2D eigenvalue weighted by molar-refractivity contribution is 0.0672. The van der Waals surface area contributed by atoms with Gasteiger partial charge in [0.15, 0.2) is 0 Å². The number of amides is 1. The number of H-pyrrole nitrogens is 1. The molecule has 1 aromatic heterocycles. The zero-order valence-electron chi connectivity index (χ0n) is 19.6. The highest BCUT2D eigenvalue weighted by atomic mass is 16.4. The van der Waals surface area contributed by atoms with Crippen molar-refractivity contribution >= 4 is 17.4 Å². The monoisotopic (exact) mass is 445 g/mol. The quantitative estimate of drug-likeness (QED) is 0.659. The van der Waals surface area contributed by atoms with Gasteiger partial charge in [0, 0.05) is 29.5 Å². The fourth-order valence-corrected chi connectivity index (χ4v) is 6.16. The Morgan fingerprint density at radius 1 is 1.06 bits per heavy atom. The number of aryl methyl sites for hydroxylation is 1. The minimum absolute atomic E-state index is 0.0546. The molecule has 33 heavy (non-hydrogen) atoms. The number of nitrogens with zero attached hydrogens (tertiary/aromatic N) is 2. The van der Waals surface area contributed by atoms with Gasteiger partial charge in [0.05, 0.1) is 11.3 Å². The Balaban J connectivity index is 1.42. The number of benzene rings is 1. The van der Waals surface area contributed by atoms with Crippen molar-refractivity contribution in [3.63, 3.8) is 0 Å². The first kappa shape index (κ1) is 21.7. The van der Waals surface area contributed by atoms with Gasteiger partial charge < -0.3 is 10.0 Å². The van der Waals surface area contributed by atoms with Crippen LogP contribution in [-0.4, -0.2) is 45.2 Å². The van der Waals surface area contributed by atoms with E-state index in [0.717, 1.165) is 48.9 Å². The van der Waals surface area contributed by atoms with Crippen LogP contribution in [0.3, 0.4) is 0 Å². The van der Waals surface area contributed by atoms with Crippen molar-refractivity contribution in [1.29, 1.82) is 0 Å². The molecule has 2 aromatic rings. The maximum absolute atomic E-state index is 13.4. The molecule has 2 aliphatic carbocycles. The van der Waals surface area contributed by atoms with Crippen LogP contribution in [0.1, 0.15) is 77.7 Å². The van der Waals surface area contributed by atoms with E-state index in [1.165, 1.54) is 11.1 Å². The maximum atomic E-state index is 13.4. The molecule has 3 aliphatic rings. The van der Waals surface area contributed by atoms with E-state index in [-0.39, 0.29) is 16.7 Å². The molecule has 0 fully saturated rings. The molecule has 1 aliphatic heterocycles. The van der Waals surface area contributed by atoms with Crippen LogP contribution in [0.25, 0.3) is 5.57 Å². The maximum Gasteiger partial charge on any atom is 0.335 e. The zero-order valence-corrected chi connectivity index (χ0v) is 19.6. The Labute approximate surface area is 194 Å². The summed E-state index contributed by atoms with van der Waals surface area (Å²) >= 11 is 0. The summed E-state index contributed by atoms with van der Waals surface area (Å²) in [6, 6.07) is 7.15. The van der Waals surface area contributed by atoms with Crippen LogP contribution in [0, 0.1) is 10.8 Å². The van der Waals surface area contributed by atoms with E-state index in [1.54, 1.807) is 12.1 Å². The third-order valence-electron chi connectivity index (χ3n) is 7.80. The number of aromatic carboxylic acids is 1. The first-order valence-corrected chi connectivity index (χ1v) is 11.8. The lowest BCUT2D eigenvalue weighted by Gasteiger charge is -2.50. The summed E-state index contributed by atoms with van der Waals surface area (Å²) in [6.07, 6.45) is 9.49. The molecule has 1 aromatic carbocycles. The number of nitrogens with one attached hydrogen (secondary N) is 1. The third-order valence-corrected chi connectivity index (χ3v) is 7.80. The fourth-order valence-electron chi connectivity index (χ4n) is 6.16. The van der Waals surface area contributed by atoms with Crippen LogP contribution in [0.4, 0.5) is 0 Å². The number of rotatable bonds is 3. The number of carbonyl (C=O) groups excluding carboxylic acids is 1. The van der Waals surface area contributed by atoms with Crippen molar-refractivity contribution in [2.24, 2.45) is 10.8 Å². The summed E-state index contributed by atoms with van der Waals surface area (Å²) in [5.74, 6) is -0.858. The number of carboxylic acids is 1. The summed E-state index contributed by atoms with van der Waals surface area (Å²) in [6.45, 7) is 7.98. The molecule has 0 saturated heterocycles. The molecule has 5 rings (SSSR count). The van der Waals surface area contributed by atoms with Crippen molar-refractivity contribution in [2.45, 2.75) is 52.9 Å². The number of carboxylic acid groups (broad SMARTS) is 1. The van der Waals surface area contributed by atoms with Gasteiger partial charge in [0.25, 0.3) is 5.91 Å². The van der Waals surface area contributed by atoms with Crippen molar-refractivity contribution < 1.29 is 14.7 Å². The van der Waals surface area contributed by atoms with E-state index in [0.29, 0.717) is 24.3 Å². The molecule has 6 nitrogen and oxygen atoms in total. The minimum atomic E-state index is -0.913. The van der Waals surface area contributed by atoms with Gasteiger partial charge in [-0.05, 0) is 55.4 Å². The molecule has 0 unspecified atom stereocenters. The zero-order chi connectivity index (χ0) is 23.4. The highest BCUT2D eigenvalue weighted by Gasteiger charge is 2.46. The second kappa shape index (κ2) is 7.72. The topological polar surface area (TPSA) is 86.3 Å². The lowest BCUT2D eigenvalue weighted by Crippen LogP contribution is -2.49. The van der Waals surface area contributed by atoms with Gasteiger partial charge in [-0.1, -0.05) is 50.6 Å².